The summed E-state index contributed by atoms with van der Waals surface area (Å²) in [4.78, 5) is 8.15. The fourth-order valence-electron chi connectivity index (χ4n) is 2.07. The van der Waals surface area contributed by atoms with Gasteiger partial charge in [0.1, 0.15) is 0 Å². The highest BCUT2D eigenvalue weighted by molar-refractivity contribution is 6.31. The lowest BCUT2D eigenvalue weighted by Crippen LogP contribution is -2.28. The Kier molecular flexibility index (Phi) is 5.31. The molecular formula is C15H18ClN3. The minimum absolute atomic E-state index is 0.403. The Hall–Kier alpha value is -1.45. The SMILES string of the molecule is CNC(CCc1cccnc1)Cc1ccncc1Cl. The van der Waals surface area contributed by atoms with Crippen LogP contribution in [0.2, 0.25) is 5.02 Å². The molecular weight excluding hydrogens is 258 g/mol. The van der Waals surface area contributed by atoms with Crippen molar-refractivity contribution in [1.29, 1.82) is 0 Å². The third-order valence-electron chi connectivity index (χ3n) is 3.24. The van der Waals surface area contributed by atoms with Gasteiger partial charge in [-0.2, -0.15) is 0 Å². The van der Waals surface area contributed by atoms with Gasteiger partial charge >= 0.3 is 0 Å². The normalized spacial score (nSPS) is 12.3. The van der Waals surface area contributed by atoms with E-state index in [-0.39, 0.29) is 0 Å². The van der Waals surface area contributed by atoms with E-state index in [0.29, 0.717) is 6.04 Å². The van der Waals surface area contributed by atoms with E-state index in [1.807, 2.05) is 25.4 Å². The number of rotatable bonds is 6. The highest BCUT2D eigenvalue weighted by atomic mass is 35.5. The van der Waals surface area contributed by atoms with E-state index in [2.05, 4.69) is 21.4 Å². The summed E-state index contributed by atoms with van der Waals surface area (Å²) in [6.45, 7) is 0. The molecule has 2 rings (SSSR count). The predicted molar refractivity (Wildman–Crippen MR) is 78.4 cm³/mol. The van der Waals surface area contributed by atoms with E-state index >= 15 is 0 Å². The predicted octanol–water partition coefficient (Wildman–Crippen LogP) is 2.89. The lowest BCUT2D eigenvalue weighted by Gasteiger charge is -2.16. The van der Waals surface area contributed by atoms with Crippen LogP contribution in [-0.4, -0.2) is 23.1 Å². The average Bonchev–Trinajstić information content (AvgIpc) is 2.46. The van der Waals surface area contributed by atoms with Gasteiger partial charge in [-0.15, -0.1) is 0 Å². The van der Waals surface area contributed by atoms with Gasteiger partial charge < -0.3 is 5.32 Å². The van der Waals surface area contributed by atoms with Gasteiger partial charge in [0.25, 0.3) is 0 Å². The highest BCUT2D eigenvalue weighted by Gasteiger charge is 2.10. The van der Waals surface area contributed by atoms with E-state index in [9.17, 15) is 0 Å². The summed E-state index contributed by atoms with van der Waals surface area (Å²) in [6, 6.07) is 6.47. The van der Waals surface area contributed by atoms with Crippen molar-refractivity contribution >= 4 is 11.6 Å². The van der Waals surface area contributed by atoms with Crippen molar-refractivity contribution in [3.8, 4) is 0 Å². The van der Waals surface area contributed by atoms with Crippen molar-refractivity contribution in [2.75, 3.05) is 7.05 Å². The zero-order valence-corrected chi connectivity index (χ0v) is 11.8. The number of pyridine rings is 2. The third kappa shape index (κ3) is 4.30. The van der Waals surface area contributed by atoms with Crippen LogP contribution in [0, 0.1) is 0 Å². The maximum Gasteiger partial charge on any atom is 0.0621 e. The molecule has 1 unspecified atom stereocenters. The molecule has 0 aromatic carbocycles. The summed E-state index contributed by atoms with van der Waals surface area (Å²) in [5, 5.41) is 4.09. The third-order valence-corrected chi connectivity index (χ3v) is 3.58. The molecule has 3 nitrogen and oxygen atoms in total. The molecule has 0 saturated carbocycles. The summed E-state index contributed by atoms with van der Waals surface area (Å²) >= 11 is 6.14. The molecule has 4 heteroatoms. The second-order valence-corrected chi connectivity index (χ2v) is 4.96. The summed E-state index contributed by atoms with van der Waals surface area (Å²) in [6.07, 6.45) is 10.2. The first kappa shape index (κ1) is 14.0. The topological polar surface area (TPSA) is 37.8 Å². The van der Waals surface area contributed by atoms with Crippen LogP contribution < -0.4 is 5.32 Å². The molecule has 0 spiro atoms. The lowest BCUT2D eigenvalue weighted by atomic mass is 10.0. The molecule has 2 aromatic heterocycles. The van der Waals surface area contributed by atoms with Crippen molar-refractivity contribution in [1.82, 2.24) is 15.3 Å². The lowest BCUT2D eigenvalue weighted by molar-refractivity contribution is 0.520. The Morgan fingerprint density at radius 2 is 2.05 bits per heavy atom. The number of hydrogen-bond acceptors (Lipinski definition) is 3. The maximum absolute atomic E-state index is 6.14. The summed E-state index contributed by atoms with van der Waals surface area (Å²) < 4.78 is 0. The number of halogens is 1. The monoisotopic (exact) mass is 275 g/mol. The highest BCUT2D eigenvalue weighted by Crippen LogP contribution is 2.17. The number of nitrogens with one attached hydrogen (secondary N) is 1. The number of nitrogens with zero attached hydrogens (tertiary/aromatic N) is 2. The van der Waals surface area contributed by atoms with Gasteiger partial charge in [-0.1, -0.05) is 17.7 Å². The Balaban J connectivity index is 1.92. The van der Waals surface area contributed by atoms with Gasteiger partial charge in [0.15, 0.2) is 0 Å². The van der Waals surface area contributed by atoms with Crippen LogP contribution in [-0.2, 0) is 12.8 Å². The quantitative estimate of drug-likeness (QED) is 0.881. The fraction of sp³-hybridized carbons (Fsp3) is 0.333. The maximum atomic E-state index is 6.14. The molecule has 1 N–H and O–H groups in total. The standard InChI is InChI=1S/C15H18ClN3/c1-17-14(5-4-12-3-2-7-18-10-12)9-13-6-8-19-11-15(13)16/h2-3,6-8,10-11,14,17H,4-5,9H2,1H3. The largest absolute Gasteiger partial charge is 0.317 e. The van der Waals surface area contributed by atoms with Gasteiger partial charge in [-0.25, -0.2) is 0 Å². The zero-order valence-electron chi connectivity index (χ0n) is 11.0. The van der Waals surface area contributed by atoms with Crippen molar-refractivity contribution in [2.24, 2.45) is 0 Å². The number of aryl methyl sites for hydroxylation is 1. The molecule has 0 amide bonds. The summed E-state index contributed by atoms with van der Waals surface area (Å²) in [5.41, 5.74) is 2.41. The van der Waals surface area contributed by atoms with Crippen molar-refractivity contribution in [3.05, 3.63) is 59.1 Å². The smallest absolute Gasteiger partial charge is 0.0621 e. The van der Waals surface area contributed by atoms with E-state index in [1.54, 1.807) is 18.6 Å². The van der Waals surface area contributed by atoms with Crippen molar-refractivity contribution in [3.63, 3.8) is 0 Å². The van der Waals surface area contributed by atoms with Gasteiger partial charge in [0.05, 0.1) is 5.02 Å². The van der Waals surface area contributed by atoms with Gasteiger partial charge in [-0.3, -0.25) is 9.97 Å². The molecule has 2 heterocycles. The van der Waals surface area contributed by atoms with Crippen LogP contribution in [0.5, 0.6) is 0 Å². The van der Waals surface area contributed by atoms with Gasteiger partial charge in [0.2, 0.25) is 0 Å². The second-order valence-electron chi connectivity index (χ2n) is 4.56. The molecule has 19 heavy (non-hydrogen) atoms. The van der Waals surface area contributed by atoms with Crippen LogP contribution in [0.3, 0.4) is 0 Å². The molecule has 0 bridgehead atoms. The minimum atomic E-state index is 0.403. The van der Waals surface area contributed by atoms with E-state index in [0.717, 1.165) is 29.8 Å². The molecule has 2 aromatic rings. The Bertz CT molecular complexity index is 502. The molecule has 1 atom stereocenters. The van der Waals surface area contributed by atoms with Crippen LogP contribution in [0.15, 0.2) is 43.0 Å². The van der Waals surface area contributed by atoms with Crippen molar-refractivity contribution < 1.29 is 0 Å². The minimum Gasteiger partial charge on any atom is -0.317 e. The number of likely N-dealkylation sites (N-methyl/N-ethyl adjacent to an activating group) is 1. The van der Waals surface area contributed by atoms with Crippen LogP contribution in [0.25, 0.3) is 0 Å². The molecule has 0 aliphatic heterocycles. The molecule has 0 saturated heterocycles. The fourth-order valence-corrected chi connectivity index (χ4v) is 2.27. The van der Waals surface area contributed by atoms with E-state index < -0.39 is 0 Å². The molecule has 0 aliphatic rings. The first-order valence-electron chi connectivity index (χ1n) is 6.44. The van der Waals surface area contributed by atoms with Crippen LogP contribution >= 0.6 is 11.6 Å². The first-order chi connectivity index (χ1) is 9.29. The molecule has 100 valence electrons. The Morgan fingerprint density at radius 1 is 1.21 bits per heavy atom. The Morgan fingerprint density at radius 3 is 2.74 bits per heavy atom. The van der Waals surface area contributed by atoms with Crippen molar-refractivity contribution in [2.45, 2.75) is 25.3 Å². The molecule has 0 fully saturated rings. The van der Waals surface area contributed by atoms with E-state index in [4.69, 9.17) is 11.6 Å². The number of hydrogen-bond donors (Lipinski definition) is 1. The summed E-state index contributed by atoms with van der Waals surface area (Å²) in [5.74, 6) is 0. The molecule has 0 aliphatic carbocycles. The molecule has 0 radical (unpaired) electrons. The van der Waals surface area contributed by atoms with Crippen LogP contribution in [0.1, 0.15) is 17.5 Å². The van der Waals surface area contributed by atoms with E-state index in [1.165, 1.54) is 5.56 Å². The second kappa shape index (κ2) is 7.22. The number of aromatic nitrogens is 2. The Labute approximate surface area is 119 Å². The van der Waals surface area contributed by atoms with Crippen LogP contribution in [0.4, 0.5) is 0 Å². The van der Waals surface area contributed by atoms with Gasteiger partial charge in [0, 0.05) is 30.8 Å². The van der Waals surface area contributed by atoms with Gasteiger partial charge in [-0.05, 0) is 49.6 Å². The zero-order chi connectivity index (χ0) is 13.5. The first-order valence-corrected chi connectivity index (χ1v) is 6.82. The average molecular weight is 276 g/mol. The summed E-state index contributed by atoms with van der Waals surface area (Å²) in [7, 11) is 1.99.